The summed E-state index contributed by atoms with van der Waals surface area (Å²) in [7, 11) is 2.26. The van der Waals surface area contributed by atoms with Crippen molar-refractivity contribution >= 4 is 0 Å². The molecule has 0 spiro atoms. The van der Waals surface area contributed by atoms with Crippen LogP contribution in [0.25, 0.3) is 0 Å². The SMILES string of the molecule is CCNC1CCN(CC2(C)CCN(C)CC2)C(C)C1C. The lowest BCUT2D eigenvalue weighted by Gasteiger charge is -2.48. The maximum Gasteiger partial charge on any atom is 0.0120 e. The van der Waals surface area contributed by atoms with Gasteiger partial charge in [-0.05, 0) is 70.7 Å². The lowest BCUT2D eigenvalue weighted by molar-refractivity contribution is 0.0232. The highest BCUT2D eigenvalue weighted by molar-refractivity contribution is 4.92. The van der Waals surface area contributed by atoms with Gasteiger partial charge in [0.05, 0.1) is 0 Å². The van der Waals surface area contributed by atoms with Gasteiger partial charge >= 0.3 is 0 Å². The van der Waals surface area contributed by atoms with Crippen LogP contribution in [-0.2, 0) is 0 Å². The zero-order valence-corrected chi connectivity index (χ0v) is 14.3. The molecule has 0 aromatic heterocycles. The minimum atomic E-state index is 0.533. The number of nitrogens with one attached hydrogen (secondary N) is 1. The first-order chi connectivity index (χ1) is 9.45. The van der Waals surface area contributed by atoms with Gasteiger partial charge in [0, 0.05) is 18.6 Å². The second-order valence-electron chi connectivity index (χ2n) is 7.64. The van der Waals surface area contributed by atoms with E-state index in [0.717, 1.165) is 18.5 Å². The smallest absolute Gasteiger partial charge is 0.0120 e. The third-order valence-electron chi connectivity index (χ3n) is 5.94. The summed E-state index contributed by atoms with van der Waals surface area (Å²) in [5, 5.41) is 3.67. The summed E-state index contributed by atoms with van der Waals surface area (Å²) in [5.74, 6) is 0.763. The maximum absolute atomic E-state index is 3.67. The van der Waals surface area contributed by atoms with Crippen molar-refractivity contribution in [2.45, 2.75) is 59.0 Å². The van der Waals surface area contributed by atoms with E-state index in [-0.39, 0.29) is 0 Å². The summed E-state index contributed by atoms with van der Waals surface area (Å²) in [6, 6.07) is 1.43. The largest absolute Gasteiger partial charge is 0.314 e. The van der Waals surface area contributed by atoms with Gasteiger partial charge in [0.1, 0.15) is 0 Å². The first-order valence-electron chi connectivity index (χ1n) is 8.61. The van der Waals surface area contributed by atoms with Gasteiger partial charge in [0.15, 0.2) is 0 Å². The van der Waals surface area contributed by atoms with Gasteiger partial charge in [-0.2, -0.15) is 0 Å². The van der Waals surface area contributed by atoms with Crippen LogP contribution in [0, 0.1) is 11.3 Å². The van der Waals surface area contributed by atoms with E-state index < -0.39 is 0 Å². The minimum Gasteiger partial charge on any atom is -0.314 e. The Hall–Kier alpha value is -0.120. The van der Waals surface area contributed by atoms with Crippen molar-refractivity contribution in [3.63, 3.8) is 0 Å². The summed E-state index contributed by atoms with van der Waals surface area (Å²) in [5.41, 5.74) is 0.533. The molecule has 2 rings (SSSR count). The molecule has 2 aliphatic heterocycles. The predicted molar refractivity (Wildman–Crippen MR) is 87.1 cm³/mol. The first kappa shape index (κ1) is 16.3. The maximum atomic E-state index is 3.67. The van der Waals surface area contributed by atoms with Gasteiger partial charge in [0.25, 0.3) is 0 Å². The summed E-state index contributed by atoms with van der Waals surface area (Å²) in [6.45, 7) is 15.8. The van der Waals surface area contributed by atoms with Crippen LogP contribution in [0.4, 0.5) is 0 Å². The van der Waals surface area contributed by atoms with Crippen LogP contribution < -0.4 is 5.32 Å². The van der Waals surface area contributed by atoms with Crippen LogP contribution in [0.1, 0.15) is 47.0 Å². The zero-order valence-electron chi connectivity index (χ0n) is 14.3. The molecule has 3 unspecified atom stereocenters. The molecule has 2 aliphatic rings. The van der Waals surface area contributed by atoms with Crippen molar-refractivity contribution < 1.29 is 0 Å². The molecule has 0 aromatic rings. The molecule has 0 saturated carbocycles. The standard InChI is InChI=1S/C17H35N3/c1-6-18-16-7-10-20(15(3)14(16)2)13-17(4)8-11-19(5)12-9-17/h14-16,18H,6-13H2,1-5H3. The Labute approximate surface area is 126 Å². The predicted octanol–water partition coefficient (Wildman–Crippen LogP) is 2.43. The molecule has 2 fully saturated rings. The van der Waals surface area contributed by atoms with Crippen LogP contribution in [0.3, 0.4) is 0 Å². The van der Waals surface area contributed by atoms with Crippen molar-refractivity contribution in [1.82, 2.24) is 15.1 Å². The van der Waals surface area contributed by atoms with Gasteiger partial charge in [0.2, 0.25) is 0 Å². The fraction of sp³-hybridized carbons (Fsp3) is 1.00. The van der Waals surface area contributed by atoms with E-state index >= 15 is 0 Å². The van der Waals surface area contributed by atoms with Crippen molar-refractivity contribution in [1.29, 1.82) is 0 Å². The molecule has 3 nitrogen and oxygen atoms in total. The molecule has 2 heterocycles. The van der Waals surface area contributed by atoms with Crippen molar-refractivity contribution in [3.05, 3.63) is 0 Å². The first-order valence-corrected chi connectivity index (χ1v) is 8.61. The van der Waals surface area contributed by atoms with E-state index in [9.17, 15) is 0 Å². The van der Waals surface area contributed by atoms with E-state index in [1.165, 1.54) is 45.4 Å². The van der Waals surface area contributed by atoms with Crippen molar-refractivity contribution in [2.24, 2.45) is 11.3 Å². The number of likely N-dealkylation sites (tertiary alicyclic amines) is 2. The Morgan fingerprint density at radius 1 is 1.15 bits per heavy atom. The van der Waals surface area contributed by atoms with Gasteiger partial charge in [-0.15, -0.1) is 0 Å². The minimum absolute atomic E-state index is 0.533. The Kier molecular flexibility index (Phi) is 5.49. The Balaban J connectivity index is 1.90. The Morgan fingerprint density at radius 2 is 1.80 bits per heavy atom. The van der Waals surface area contributed by atoms with E-state index in [2.05, 4.69) is 49.9 Å². The topological polar surface area (TPSA) is 18.5 Å². The summed E-state index contributed by atoms with van der Waals surface area (Å²) in [6.07, 6.45) is 4.03. The third kappa shape index (κ3) is 3.75. The number of nitrogens with zero attached hydrogens (tertiary/aromatic N) is 2. The molecule has 2 saturated heterocycles. The number of hydrogen-bond donors (Lipinski definition) is 1. The monoisotopic (exact) mass is 281 g/mol. The molecule has 118 valence electrons. The summed E-state index contributed by atoms with van der Waals surface area (Å²) >= 11 is 0. The third-order valence-corrected chi connectivity index (χ3v) is 5.94. The molecule has 1 N–H and O–H groups in total. The van der Waals surface area contributed by atoms with Crippen LogP contribution in [0.2, 0.25) is 0 Å². The van der Waals surface area contributed by atoms with Gasteiger partial charge in [-0.1, -0.05) is 20.8 Å². The van der Waals surface area contributed by atoms with Gasteiger partial charge in [-0.3, -0.25) is 4.90 Å². The van der Waals surface area contributed by atoms with Crippen LogP contribution >= 0.6 is 0 Å². The molecular formula is C17H35N3. The molecule has 0 amide bonds. The molecule has 20 heavy (non-hydrogen) atoms. The highest BCUT2D eigenvalue weighted by Gasteiger charge is 2.37. The number of hydrogen-bond acceptors (Lipinski definition) is 3. The zero-order chi connectivity index (χ0) is 14.8. The quantitative estimate of drug-likeness (QED) is 0.854. The van der Waals surface area contributed by atoms with Crippen molar-refractivity contribution in [2.75, 3.05) is 39.8 Å². The van der Waals surface area contributed by atoms with E-state index in [4.69, 9.17) is 0 Å². The van der Waals surface area contributed by atoms with Gasteiger partial charge in [-0.25, -0.2) is 0 Å². The lowest BCUT2D eigenvalue weighted by Crippen LogP contribution is -2.56. The number of piperidine rings is 2. The van der Waals surface area contributed by atoms with E-state index in [1.54, 1.807) is 0 Å². The molecule has 0 radical (unpaired) electrons. The number of rotatable bonds is 4. The fourth-order valence-corrected chi connectivity index (χ4v) is 4.02. The van der Waals surface area contributed by atoms with Crippen molar-refractivity contribution in [3.8, 4) is 0 Å². The van der Waals surface area contributed by atoms with Crippen LogP contribution in [0.15, 0.2) is 0 Å². The summed E-state index contributed by atoms with van der Waals surface area (Å²) in [4.78, 5) is 5.25. The van der Waals surface area contributed by atoms with Crippen LogP contribution in [-0.4, -0.2) is 61.7 Å². The molecule has 3 heteroatoms. The van der Waals surface area contributed by atoms with Gasteiger partial charge < -0.3 is 10.2 Å². The second kappa shape index (κ2) is 6.76. The van der Waals surface area contributed by atoms with E-state index in [0.29, 0.717) is 11.5 Å². The van der Waals surface area contributed by atoms with Crippen LogP contribution in [0.5, 0.6) is 0 Å². The highest BCUT2D eigenvalue weighted by atomic mass is 15.2. The lowest BCUT2D eigenvalue weighted by atomic mass is 9.78. The molecule has 0 aromatic carbocycles. The summed E-state index contributed by atoms with van der Waals surface area (Å²) < 4.78 is 0. The average molecular weight is 281 g/mol. The molecule has 3 atom stereocenters. The molecular weight excluding hydrogens is 246 g/mol. The average Bonchev–Trinajstić information content (AvgIpc) is 2.42. The Bertz CT molecular complexity index is 297. The highest BCUT2D eigenvalue weighted by Crippen LogP contribution is 2.34. The second-order valence-corrected chi connectivity index (χ2v) is 7.64. The molecule has 0 aliphatic carbocycles. The fourth-order valence-electron chi connectivity index (χ4n) is 4.02. The van der Waals surface area contributed by atoms with E-state index in [1.807, 2.05) is 0 Å². The molecule has 0 bridgehead atoms. The Morgan fingerprint density at radius 3 is 2.40 bits per heavy atom. The normalized spacial score (nSPS) is 36.1.